The van der Waals surface area contributed by atoms with Crippen LogP contribution in [0.15, 0.2) is 47.5 Å². The maximum absolute atomic E-state index is 12.6. The van der Waals surface area contributed by atoms with Crippen LogP contribution in [-0.4, -0.2) is 31.2 Å². The second-order valence-electron chi connectivity index (χ2n) is 5.44. The van der Waals surface area contributed by atoms with Crippen LogP contribution in [0.1, 0.15) is 17.7 Å². The Balaban J connectivity index is 2.08. The SMILES string of the molecule is Cc1ccc(NC(=O)CCBr)cc1S(=O)(=O)NCCc1ccccn1. The van der Waals surface area contributed by atoms with E-state index in [1.54, 1.807) is 25.3 Å². The Bertz CT molecular complexity index is 826. The van der Waals surface area contributed by atoms with Gasteiger partial charge in [0.25, 0.3) is 0 Å². The summed E-state index contributed by atoms with van der Waals surface area (Å²) in [5, 5.41) is 3.24. The van der Waals surface area contributed by atoms with E-state index < -0.39 is 10.0 Å². The first-order valence-corrected chi connectivity index (χ1v) is 10.4. The van der Waals surface area contributed by atoms with Crippen molar-refractivity contribution in [2.75, 3.05) is 17.2 Å². The standard InChI is InChI=1S/C17H20BrN3O3S/c1-13-5-6-15(21-17(22)7-9-18)12-16(13)25(23,24)20-11-8-14-4-2-3-10-19-14/h2-6,10,12,20H,7-9,11H2,1H3,(H,21,22). The maximum Gasteiger partial charge on any atom is 0.240 e. The number of hydrogen-bond acceptors (Lipinski definition) is 4. The van der Waals surface area contributed by atoms with E-state index in [9.17, 15) is 13.2 Å². The van der Waals surface area contributed by atoms with Crippen molar-refractivity contribution in [3.63, 3.8) is 0 Å². The lowest BCUT2D eigenvalue weighted by molar-refractivity contribution is -0.115. The van der Waals surface area contributed by atoms with Gasteiger partial charge in [-0.05, 0) is 36.8 Å². The van der Waals surface area contributed by atoms with Gasteiger partial charge in [0.2, 0.25) is 15.9 Å². The molecule has 0 radical (unpaired) electrons. The summed E-state index contributed by atoms with van der Waals surface area (Å²) in [6.07, 6.45) is 2.49. The number of halogens is 1. The van der Waals surface area contributed by atoms with Gasteiger partial charge in [-0.25, -0.2) is 13.1 Å². The topological polar surface area (TPSA) is 88.2 Å². The van der Waals surface area contributed by atoms with Crippen LogP contribution < -0.4 is 10.0 Å². The molecule has 1 amide bonds. The first-order valence-electron chi connectivity index (χ1n) is 7.78. The van der Waals surface area contributed by atoms with Crippen LogP contribution >= 0.6 is 15.9 Å². The van der Waals surface area contributed by atoms with Crippen LogP contribution in [0.5, 0.6) is 0 Å². The van der Waals surface area contributed by atoms with Gasteiger partial charge >= 0.3 is 0 Å². The lowest BCUT2D eigenvalue weighted by atomic mass is 10.2. The summed E-state index contributed by atoms with van der Waals surface area (Å²) in [4.78, 5) is 16.0. The number of anilines is 1. The first kappa shape index (κ1) is 19.6. The van der Waals surface area contributed by atoms with Crippen molar-refractivity contribution in [1.29, 1.82) is 0 Å². The summed E-state index contributed by atoms with van der Waals surface area (Å²) < 4.78 is 27.7. The number of nitrogens with one attached hydrogen (secondary N) is 2. The summed E-state index contributed by atoms with van der Waals surface area (Å²) in [5.74, 6) is -0.174. The number of aryl methyl sites for hydroxylation is 1. The second-order valence-corrected chi connectivity index (χ2v) is 7.96. The van der Waals surface area contributed by atoms with Gasteiger partial charge in [-0.15, -0.1) is 0 Å². The van der Waals surface area contributed by atoms with E-state index in [0.717, 1.165) is 5.69 Å². The number of carbonyl (C=O) groups is 1. The molecule has 0 aliphatic rings. The third-order valence-corrected chi connectivity index (χ3v) is 5.48. The Labute approximate surface area is 156 Å². The number of nitrogens with zero attached hydrogens (tertiary/aromatic N) is 1. The van der Waals surface area contributed by atoms with Crippen molar-refractivity contribution >= 4 is 37.5 Å². The van der Waals surface area contributed by atoms with Gasteiger partial charge < -0.3 is 5.32 Å². The lowest BCUT2D eigenvalue weighted by Gasteiger charge is -2.12. The van der Waals surface area contributed by atoms with Crippen LogP contribution in [0.3, 0.4) is 0 Å². The fraction of sp³-hybridized carbons (Fsp3) is 0.294. The molecule has 134 valence electrons. The van der Waals surface area contributed by atoms with Crippen LogP contribution in [0, 0.1) is 6.92 Å². The Morgan fingerprint density at radius 3 is 2.72 bits per heavy atom. The van der Waals surface area contributed by atoms with E-state index in [1.165, 1.54) is 6.07 Å². The quantitative estimate of drug-likeness (QED) is 0.636. The summed E-state index contributed by atoms with van der Waals surface area (Å²) in [5.41, 5.74) is 1.89. The monoisotopic (exact) mass is 425 g/mol. The molecular weight excluding hydrogens is 406 g/mol. The number of carbonyl (C=O) groups excluding carboxylic acids is 1. The number of benzene rings is 1. The molecule has 1 aromatic carbocycles. The van der Waals surface area contributed by atoms with Crippen LogP contribution in [0.4, 0.5) is 5.69 Å². The smallest absolute Gasteiger partial charge is 0.240 e. The molecule has 0 unspecified atom stereocenters. The van der Waals surface area contributed by atoms with E-state index in [2.05, 4.69) is 31.0 Å². The number of alkyl halides is 1. The molecule has 0 atom stereocenters. The highest BCUT2D eigenvalue weighted by molar-refractivity contribution is 9.09. The summed E-state index contributed by atoms with van der Waals surface area (Å²) in [6.45, 7) is 1.97. The van der Waals surface area contributed by atoms with Gasteiger partial charge in [-0.3, -0.25) is 9.78 Å². The highest BCUT2D eigenvalue weighted by Crippen LogP contribution is 2.20. The van der Waals surface area contributed by atoms with Crippen molar-refractivity contribution in [3.05, 3.63) is 53.9 Å². The van der Waals surface area contributed by atoms with Gasteiger partial charge in [-0.1, -0.05) is 28.1 Å². The lowest BCUT2D eigenvalue weighted by Crippen LogP contribution is -2.27. The van der Waals surface area contributed by atoms with Crippen LogP contribution in [-0.2, 0) is 21.2 Å². The highest BCUT2D eigenvalue weighted by Gasteiger charge is 2.17. The molecule has 2 N–H and O–H groups in total. The first-order chi connectivity index (χ1) is 11.9. The Morgan fingerprint density at radius 1 is 1.24 bits per heavy atom. The summed E-state index contributed by atoms with van der Waals surface area (Å²) >= 11 is 3.20. The van der Waals surface area contributed by atoms with E-state index in [0.29, 0.717) is 29.4 Å². The predicted octanol–water partition coefficient (Wildman–Crippen LogP) is 2.63. The summed E-state index contributed by atoms with van der Waals surface area (Å²) in [7, 11) is -3.67. The average Bonchev–Trinajstić information content (AvgIpc) is 2.57. The Kier molecular flexibility index (Phi) is 7.10. The zero-order valence-corrected chi connectivity index (χ0v) is 16.2. The normalized spacial score (nSPS) is 11.3. The molecule has 0 aliphatic carbocycles. The van der Waals surface area contributed by atoms with E-state index in [-0.39, 0.29) is 17.3 Å². The Morgan fingerprint density at radius 2 is 2.04 bits per heavy atom. The molecule has 0 spiro atoms. The molecule has 0 bridgehead atoms. The zero-order valence-electron chi connectivity index (χ0n) is 13.8. The molecule has 0 saturated heterocycles. The van der Waals surface area contributed by atoms with E-state index >= 15 is 0 Å². The fourth-order valence-corrected chi connectivity index (χ4v) is 3.87. The number of amides is 1. The molecule has 6 nitrogen and oxygen atoms in total. The molecule has 0 saturated carbocycles. The van der Waals surface area contributed by atoms with Crippen molar-refractivity contribution in [2.24, 2.45) is 0 Å². The molecular formula is C17H20BrN3O3S. The van der Waals surface area contributed by atoms with Gasteiger partial charge in [-0.2, -0.15) is 0 Å². The van der Waals surface area contributed by atoms with Crippen molar-refractivity contribution in [2.45, 2.75) is 24.7 Å². The second kappa shape index (κ2) is 9.07. The summed E-state index contributed by atoms with van der Waals surface area (Å²) in [6, 6.07) is 10.4. The number of aromatic nitrogens is 1. The molecule has 1 aromatic heterocycles. The van der Waals surface area contributed by atoms with E-state index in [1.807, 2.05) is 18.2 Å². The molecule has 2 rings (SSSR count). The molecule has 25 heavy (non-hydrogen) atoms. The van der Waals surface area contributed by atoms with Crippen LogP contribution in [0.2, 0.25) is 0 Å². The van der Waals surface area contributed by atoms with Gasteiger partial charge in [0.1, 0.15) is 0 Å². The third-order valence-electron chi connectivity index (χ3n) is 3.48. The van der Waals surface area contributed by atoms with Gasteiger partial charge in [0.05, 0.1) is 4.90 Å². The third kappa shape index (κ3) is 5.91. The van der Waals surface area contributed by atoms with Crippen molar-refractivity contribution in [3.8, 4) is 0 Å². The molecule has 0 fully saturated rings. The van der Waals surface area contributed by atoms with Gasteiger partial charge in [0.15, 0.2) is 0 Å². The minimum atomic E-state index is -3.67. The molecule has 1 heterocycles. The fourth-order valence-electron chi connectivity index (χ4n) is 2.21. The Hall–Kier alpha value is -1.77. The number of rotatable bonds is 8. The largest absolute Gasteiger partial charge is 0.326 e. The number of hydrogen-bond donors (Lipinski definition) is 2. The predicted molar refractivity (Wildman–Crippen MR) is 101 cm³/mol. The van der Waals surface area contributed by atoms with Crippen molar-refractivity contribution in [1.82, 2.24) is 9.71 Å². The maximum atomic E-state index is 12.6. The molecule has 8 heteroatoms. The minimum Gasteiger partial charge on any atom is -0.326 e. The molecule has 2 aromatic rings. The average molecular weight is 426 g/mol. The van der Waals surface area contributed by atoms with E-state index in [4.69, 9.17) is 0 Å². The zero-order chi connectivity index (χ0) is 18.3. The van der Waals surface area contributed by atoms with Crippen molar-refractivity contribution < 1.29 is 13.2 Å². The van der Waals surface area contributed by atoms with Gasteiger partial charge in [0, 0.05) is 42.3 Å². The minimum absolute atomic E-state index is 0.158. The number of sulfonamides is 1. The van der Waals surface area contributed by atoms with Crippen LogP contribution in [0.25, 0.3) is 0 Å². The molecule has 0 aliphatic heterocycles. The number of pyridine rings is 1. The highest BCUT2D eigenvalue weighted by atomic mass is 79.9.